The Labute approximate surface area is 123 Å². The second-order valence-corrected chi connectivity index (χ2v) is 5.07. The summed E-state index contributed by atoms with van der Waals surface area (Å²) in [5, 5.41) is 40.2. The number of benzene rings is 1. The molecule has 22 heavy (non-hydrogen) atoms. The maximum atomic E-state index is 14.3. The van der Waals surface area contributed by atoms with E-state index in [2.05, 4.69) is 5.18 Å². The number of hydrogen-bond donors (Lipinski definition) is 4. The second-order valence-electron chi connectivity index (χ2n) is 5.07. The van der Waals surface area contributed by atoms with Crippen molar-refractivity contribution in [1.82, 2.24) is 0 Å². The van der Waals surface area contributed by atoms with Crippen LogP contribution in [0.2, 0.25) is 0 Å². The van der Waals surface area contributed by atoms with Gasteiger partial charge in [0.25, 0.3) is 5.92 Å². The summed E-state index contributed by atoms with van der Waals surface area (Å²) in [7, 11) is 0. The minimum absolute atomic E-state index is 0.0840. The standard InChI is InChI=1S/C13H15F2NO6/c14-13(15)8(5-17)10(19)9(16-21)11(20)12(13)22-7-3-1-6(18)2-4-7/h1-4,8-12,17-20H,5H2/t8-,9+,10-,11-,12+/m1/s1. The van der Waals surface area contributed by atoms with Gasteiger partial charge in [0.05, 0.1) is 18.6 Å². The van der Waals surface area contributed by atoms with E-state index >= 15 is 0 Å². The molecule has 0 radical (unpaired) electrons. The number of hydrogen-bond acceptors (Lipinski definition) is 7. The van der Waals surface area contributed by atoms with E-state index in [0.717, 1.165) is 0 Å². The molecule has 1 aliphatic carbocycles. The van der Waals surface area contributed by atoms with Crippen molar-refractivity contribution in [2.24, 2.45) is 11.1 Å². The minimum atomic E-state index is -3.80. The fraction of sp³-hybridized carbons (Fsp3) is 0.538. The monoisotopic (exact) mass is 319 g/mol. The SMILES string of the molecule is O=N[C@@H]1[C@@H](O)[C@H](Oc2ccc(O)cc2)C(F)(F)[C@H](CO)[C@H]1O. The van der Waals surface area contributed by atoms with E-state index in [0.29, 0.717) is 0 Å². The van der Waals surface area contributed by atoms with Crippen molar-refractivity contribution >= 4 is 0 Å². The van der Waals surface area contributed by atoms with Crippen LogP contribution in [0.25, 0.3) is 0 Å². The molecule has 1 aromatic rings. The number of phenols is 1. The van der Waals surface area contributed by atoms with Gasteiger partial charge in [-0.2, -0.15) is 4.91 Å². The van der Waals surface area contributed by atoms with Gasteiger partial charge in [0.15, 0.2) is 6.10 Å². The largest absolute Gasteiger partial charge is 0.508 e. The van der Waals surface area contributed by atoms with Gasteiger partial charge in [-0.05, 0) is 24.3 Å². The maximum Gasteiger partial charge on any atom is 0.294 e. The molecule has 5 atom stereocenters. The van der Waals surface area contributed by atoms with Crippen molar-refractivity contribution in [2.75, 3.05) is 6.61 Å². The van der Waals surface area contributed by atoms with Gasteiger partial charge < -0.3 is 25.2 Å². The number of aliphatic hydroxyl groups excluding tert-OH is 3. The molecule has 0 aliphatic heterocycles. The number of nitrogens with zero attached hydrogens (tertiary/aromatic N) is 1. The molecule has 1 aliphatic rings. The van der Waals surface area contributed by atoms with E-state index in [-0.39, 0.29) is 11.5 Å². The Bertz CT molecular complexity index is 526. The molecule has 0 spiro atoms. The molecule has 1 fully saturated rings. The lowest BCUT2D eigenvalue weighted by atomic mass is 9.77. The number of rotatable bonds is 4. The summed E-state index contributed by atoms with van der Waals surface area (Å²) in [5.41, 5.74) is 0. The number of aromatic hydroxyl groups is 1. The average molecular weight is 319 g/mol. The third-order valence-corrected chi connectivity index (χ3v) is 3.71. The van der Waals surface area contributed by atoms with Crippen molar-refractivity contribution in [1.29, 1.82) is 0 Å². The Morgan fingerprint density at radius 1 is 1.18 bits per heavy atom. The number of halogens is 2. The van der Waals surface area contributed by atoms with Crippen LogP contribution in [-0.2, 0) is 0 Å². The molecule has 4 N–H and O–H groups in total. The molecule has 0 bridgehead atoms. The van der Waals surface area contributed by atoms with E-state index in [1.807, 2.05) is 0 Å². The van der Waals surface area contributed by atoms with Gasteiger partial charge in [-0.15, -0.1) is 0 Å². The Morgan fingerprint density at radius 2 is 1.77 bits per heavy atom. The summed E-state index contributed by atoms with van der Waals surface area (Å²) in [6.07, 6.45) is -6.23. The molecule has 2 rings (SSSR count). The van der Waals surface area contributed by atoms with Crippen molar-refractivity contribution in [3.8, 4) is 11.5 Å². The number of ether oxygens (including phenoxy) is 1. The van der Waals surface area contributed by atoms with E-state index < -0.39 is 42.8 Å². The van der Waals surface area contributed by atoms with E-state index in [4.69, 9.17) is 14.9 Å². The van der Waals surface area contributed by atoms with Crippen LogP contribution < -0.4 is 4.74 Å². The summed E-state index contributed by atoms with van der Waals surface area (Å²) in [6.45, 7) is -1.11. The van der Waals surface area contributed by atoms with Crippen LogP contribution in [0.4, 0.5) is 8.78 Å². The molecule has 7 nitrogen and oxygen atoms in total. The van der Waals surface area contributed by atoms with Gasteiger partial charge in [0.1, 0.15) is 23.6 Å². The van der Waals surface area contributed by atoms with E-state index in [1.165, 1.54) is 24.3 Å². The van der Waals surface area contributed by atoms with E-state index in [9.17, 15) is 23.9 Å². The lowest BCUT2D eigenvalue weighted by Gasteiger charge is -2.44. The smallest absolute Gasteiger partial charge is 0.294 e. The molecule has 1 saturated carbocycles. The van der Waals surface area contributed by atoms with Gasteiger partial charge in [-0.1, -0.05) is 5.18 Å². The summed E-state index contributed by atoms with van der Waals surface area (Å²) < 4.78 is 33.6. The summed E-state index contributed by atoms with van der Waals surface area (Å²) in [6, 6.07) is 3.02. The highest BCUT2D eigenvalue weighted by atomic mass is 19.3. The van der Waals surface area contributed by atoms with Gasteiger partial charge in [0, 0.05) is 0 Å². The predicted molar refractivity (Wildman–Crippen MR) is 69.6 cm³/mol. The number of alkyl halides is 2. The fourth-order valence-corrected chi connectivity index (χ4v) is 2.46. The van der Waals surface area contributed by atoms with Crippen molar-refractivity contribution in [3.05, 3.63) is 29.2 Å². The highest BCUT2D eigenvalue weighted by Crippen LogP contribution is 2.42. The maximum absolute atomic E-state index is 14.3. The number of aliphatic hydroxyl groups is 3. The predicted octanol–water partition coefficient (Wildman–Crippen LogP) is 0.254. The molecular formula is C13H15F2NO6. The first-order chi connectivity index (χ1) is 10.3. The Hall–Kier alpha value is -1.84. The highest BCUT2D eigenvalue weighted by Gasteiger charge is 2.63. The second kappa shape index (κ2) is 6.11. The van der Waals surface area contributed by atoms with Crippen LogP contribution in [0.1, 0.15) is 0 Å². The van der Waals surface area contributed by atoms with Crippen LogP contribution in [0.3, 0.4) is 0 Å². The molecule has 0 aromatic heterocycles. The first-order valence-electron chi connectivity index (χ1n) is 6.46. The van der Waals surface area contributed by atoms with Crippen LogP contribution in [0, 0.1) is 10.8 Å². The molecule has 0 heterocycles. The average Bonchev–Trinajstić information content (AvgIpc) is 2.46. The van der Waals surface area contributed by atoms with Crippen LogP contribution >= 0.6 is 0 Å². The molecule has 122 valence electrons. The van der Waals surface area contributed by atoms with Gasteiger partial charge >= 0.3 is 0 Å². The molecule has 0 saturated heterocycles. The lowest BCUT2D eigenvalue weighted by Crippen LogP contribution is -2.66. The van der Waals surface area contributed by atoms with Crippen LogP contribution in [0.15, 0.2) is 29.4 Å². The molecule has 9 heteroatoms. The van der Waals surface area contributed by atoms with Crippen molar-refractivity contribution < 1.29 is 33.9 Å². The first kappa shape index (κ1) is 16.5. The summed E-state index contributed by atoms with van der Waals surface area (Å²) in [5.74, 6) is -5.99. The van der Waals surface area contributed by atoms with Crippen molar-refractivity contribution in [3.63, 3.8) is 0 Å². The zero-order valence-corrected chi connectivity index (χ0v) is 11.2. The Morgan fingerprint density at radius 3 is 2.27 bits per heavy atom. The van der Waals surface area contributed by atoms with Crippen molar-refractivity contribution in [2.45, 2.75) is 30.3 Å². The zero-order valence-electron chi connectivity index (χ0n) is 11.2. The van der Waals surface area contributed by atoms with Crippen LogP contribution in [-0.4, -0.2) is 57.3 Å². The summed E-state index contributed by atoms with van der Waals surface area (Å²) in [4.78, 5) is 10.7. The molecule has 0 unspecified atom stereocenters. The minimum Gasteiger partial charge on any atom is -0.508 e. The normalized spacial score (nSPS) is 34.1. The molecule has 0 amide bonds. The fourth-order valence-electron chi connectivity index (χ4n) is 2.46. The number of nitroso groups, excluding NO2 is 1. The summed E-state index contributed by atoms with van der Waals surface area (Å²) >= 11 is 0. The van der Waals surface area contributed by atoms with Crippen LogP contribution in [0.5, 0.6) is 11.5 Å². The van der Waals surface area contributed by atoms with Gasteiger partial charge in [-0.25, -0.2) is 8.78 Å². The molecule has 1 aromatic carbocycles. The quantitative estimate of drug-likeness (QED) is 0.591. The first-order valence-corrected chi connectivity index (χ1v) is 6.46. The lowest BCUT2D eigenvalue weighted by molar-refractivity contribution is -0.238. The Kier molecular flexibility index (Phi) is 4.59. The van der Waals surface area contributed by atoms with Gasteiger partial charge in [-0.3, -0.25) is 0 Å². The Balaban J connectivity index is 2.33. The molecular weight excluding hydrogens is 304 g/mol. The zero-order chi connectivity index (χ0) is 16.5. The topological polar surface area (TPSA) is 120 Å². The third-order valence-electron chi connectivity index (χ3n) is 3.71. The third kappa shape index (κ3) is 2.74. The number of phenolic OH excluding ortho intramolecular Hbond substituents is 1. The van der Waals surface area contributed by atoms with E-state index in [1.54, 1.807) is 0 Å². The highest BCUT2D eigenvalue weighted by molar-refractivity contribution is 5.30. The van der Waals surface area contributed by atoms with Gasteiger partial charge in [0.2, 0.25) is 0 Å².